The summed E-state index contributed by atoms with van der Waals surface area (Å²) in [5.41, 5.74) is 1.15. The molecule has 0 bridgehead atoms. The molecule has 0 saturated heterocycles. The molecule has 0 unspecified atom stereocenters. The molecule has 6 heteroatoms. The molecule has 0 aliphatic carbocycles. The number of rotatable bonds is 5. The Bertz CT molecular complexity index is 455. The largest absolute Gasteiger partial charge is 0.354 e. The molecule has 0 spiro atoms. The lowest BCUT2D eigenvalue weighted by atomic mass is 10.2. The Morgan fingerprint density at radius 2 is 1.89 bits per heavy atom. The van der Waals surface area contributed by atoms with Crippen molar-refractivity contribution in [1.82, 2.24) is 15.6 Å². The predicted molar refractivity (Wildman–Crippen MR) is 74.2 cm³/mol. The van der Waals surface area contributed by atoms with Crippen LogP contribution in [0.1, 0.15) is 29.9 Å². The molecule has 0 atom stereocenters. The standard InChI is InChI=1S/C13H18ClN3O2/c1-8(2)12(18)15-4-5-16-13(19)10-6-9(3)17-11(14)7-10/h6-8H,4-5H2,1-3H3,(H,15,18)(H,16,19). The summed E-state index contributed by atoms with van der Waals surface area (Å²) in [7, 11) is 0. The normalized spacial score (nSPS) is 10.4. The van der Waals surface area contributed by atoms with E-state index in [-0.39, 0.29) is 17.7 Å². The van der Waals surface area contributed by atoms with Crippen LogP contribution in [0.15, 0.2) is 12.1 Å². The highest BCUT2D eigenvalue weighted by molar-refractivity contribution is 6.29. The van der Waals surface area contributed by atoms with E-state index in [4.69, 9.17) is 11.6 Å². The Morgan fingerprint density at radius 1 is 1.26 bits per heavy atom. The Labute approximate surface area is 117 Å². The van der Waals surface area contributed by atoms with Crippen LogP contribution >= 0.6 is 11.6 Å². The molecule has 1 aromatic heterocycles. The number of aryl methyl sites for hydroxylation is 1. The molecule has 0 fully saturated rings. The van der Waals surface area contributed by atoms with Gasteiger partial charge in [-0.15, -0.1) is 0 Å². The van der Waals surface area contributed by atoms with Crippen molar-refractivity contribution >= 4 is 23.4 Å². The summed E-state index contributed by atoms with van der Waals surface area (Å²) < 4.78 is 0. The van der Waals surface area contributed by atoms with Crippen LogP contribution in [0.5, 0.6) is 0 Å². The van der Waals surface area contributed by atoms with Crippen LogP contribution in [0.2, 0.25) is 5.15 Å². The number of hydrogen-bond acceptors (Lipinski definition) is 3. The van der Waals surface area contributed by atoms with Gasteiger partial charge in [-0.05, 0) is 19.1 Å². The molecule has 104 valence electrons. The van der Waals surface area contributed by atoms with Crippen molar-refractivity contribution in [3.63, 3.8) is 0 Å². The fourth-order valence-electron chi connectivity index (χ4n) is 1.43. The van der Waals surface area contributed by atoms with Gasteiger partial charge >= 0.3 is 0 Å². The first-order chi connectivity index (χ1) is 8.90. The van der Waals surface area contributed by atoms with Gasteiger partial charge in [0.25, 0.3) is 5.91 Å². The second-order valence-electron chi connectivity index (χ2n) is 4.52. The van der Waals surface area contributed by atoms with Gasteiger partial charge in [-0.1, -0.05) is 25.4 Å². The first-order valence-corrected chi connectivity index (χ1v) is 6.48. The second-order valence-corrected chi connectivity index (χ2v) is 4.91. The van der Waals surface area contributed by atoms with E-state index in [1.165, 1.54) is 6.07 Å². The molecule has 2 N–H and O–H groups in total. The van der Waals surface area contributed by atoms with Crippen molar-refractivity contribution in [3.8, 4) is 0 Å². The van der Waals surface area contributed by atoms with E-state index >= 15 is 0 Å². The van der Waals surface area contributed by atoms with Crippen LogP contribution in [-0.4, -0.2) is 29.9 Å². The summed E-state index contributed by atoms with van der Waals surface area (Å²) in [6, 6.07) is 3.17. The molecule has 0 aliphatic rings. The third-order valence-corrected chi connectivity index (χ3v) is 2.61. The average molecular weight is 284 g/mol. The molecular formula is C13H18ClN3O2. The van der Waals surface area contributed by atoms with Gasteiger partial charge in [-0.3, -0.25) is 9.59 Å². The number of nitrogens with one attached hydrogen (secondary N) is 2. The number of pyridine rings is 1. The van der Waals surface area contributed by atoms with Gasteiger partial charge in [-0.2, -0.15) is 0 Å². The highest BCUT2D eigenvalue weighted by Gasteiger charge is 2.08. The summed E-state index contributed by atoms with van der Waals surface area (Å²) in [6.45, 7) is 6.17. The molecule has 1 heterocycles. The van der Waals surface area contributed by atoms with Crippen LogP contribution < -0.4 is 10.6 Å². The summed E-state index contributed by atoms with van der Waals surface area (Å²) in [5.74, 6) is -0.319. The Morgan fingerprint density at radius 3 is 2.47 bits per heavy atom. The van der Waals surface area contributed by atoms with E-state index in [0.717, 1.165) is 0 Å². The second kappa shape index (κ2) is 7.09. The van der Waals surface area contributed by atoms with Gasteiger partial charge in [-0.25, -0.2) is 4.98 Å². The monoisotopic (exact) mass is 283 g/mol. The first-order valence-electron chi connectivity index (χ1n) is 6.10. The number of amides is 2. The molecule has 0 aliphatic heterocycles. The van der Waals surface area contributed by atoms with Gasteiger partial charge < -0.3 is 10.6 Å². The third kappa shape index (κ3) is 5.26. The summed E-state index contributed by atoms with van der Waals surface area (Å²) in [4.78, 5) is 27.1. The van der Waals surface area contributed by atoms with Gasteiger partial charge in [0.15, 0.2) is 0 Å². The number of nitrogens with zero attached hydrogens (tertiary/aromatic N) is 1. The third-order valence-electron chi connectivity index (χ3n) is 2.42. The first kappa shape index (κ1) is 15.4. The van der Waals surface area contributed by atoms with Gasteiger partial charge in [0.1, 0.15) is 5.15 Å². The fourth-order valence-corrected chi connectivity index (χ4v) is 1.68. The van der Waals surface area contributed by atoms with Gasteiger partial charge in [0.05, 0.1) is 0 Å². The number of carbonyl (C=O) groups is 2. The van der Waals surface area contributed by atoms with Crippen molar-refractivity contribution in [2.24, 2.45) is 5.92 Å². The zero-order chi connectivity index (χ0) is 14.4. The number of halogens is 1. The highest BCUT2D eigenvalue weighted by Crippen LogP contribution is 2.09. The quantitative estimate of drug-likeness (QED) is 0.636. The lowest BCUT2D eigenvalue weighted by Gasteiger charge is -2.09. The van der Waals surface area contributed by atoms with Crippen LogP contribution in [0.3, 0.4) is 0 Å². The van der Waals surface area contributed by atoms with Gasteiger partial charge in [0, 0.05) is 30.3 Å². The Kier molecular flexibility index (Phi) is 5.76. The maximum Gasteiger partial charge on any atom is 0.251 e. The fraction of sp³-hybridized carbons (Fsp3) is 0.462. The smallest absolute Gasteiger partial charge is 0.251 e. The molecule has 19 heavy (non-hydrogen) atoms. The van der Waals surface area contributed by atoms with Gasteiger partial charge in [0.2, 0.25) is 5.91 Å². The van der Waals surface area contributed by atoms with Crippen molar-refractivity contribution in [2.75, 3.05) is 13.1 Å². The lowest BCUT2D eigenvalue weighted by molar-refractivity contribution is -0.123. The zero-order valence-corrected chi connectivity index (χ0v) is 12.0. The van der Waals surface area contributed by atoms with Crippen molar-refractivity contribution in [2.45, 2.75) is 20.8 Å². The maximum absolute atomic E-state index is 11.8. The van der Waals surface area contributed by atoms with E-state index in [1.54, 1.807) is 13.0 Å². The van der Waals surface area contributed by atoms with Crippen LogP contribution in [0.4, 0.5) is 0 Å². The summed E-state index contributed by atoms with van der Waals surface area (Å²) >= 11 is 5.78. The Hall–Kier alpha value is -1.62. The number of hydrogen-bond donors (Lipinski definition) is 2. The molecular weight excluding hydrogens is 266 g/mol. The van der Waals surface area contributed by atoms with Crippen molar-refractivity contribution in [1.29, 1.82) is 0 Å². The molecule has 0 radical (unpaired) electrons. The van der Waals surface area contributed by atoms with Crippen LogP contribution in [0, 0.1) is 12.8 Å². The molecule has 1 aromatic rings. The Balaban J connectivity index is 2.41. The van der Waals surface area contributed by atoms with Crippen LogP contribution in [-0.2, 0) is 4.79 Å². The molecule has 0 saturated carbocycles. The van der Waals surface area contributed by atoms with Crippen LogP contribution in [0.25, 0.3) is 0 Å². The highest BCUT2D eigenvalue weighted by atomic mass is 35.5. The topological polar surface area (TPSA) is 71.1 Å². The van der Waals surface area contributed by atoms with Crippen molar-refractivity contribution in [3.05, 3.63) is 28.5 Å². The van der Waals surface area contributed by atoms with E-state index in [9.17, 15) is 9.59 Å². The number of carbonyl (C=O) groups excluding carboxylic acids is 2. The lowest BCUT2D eigenvalue weighted by Crippen LogP contribution is -2.36. The minimum absolute atomic E-state index is 0.0305. The maximum atomic E-state index is 11.8. The summed E-state index contributed by atoms with van der Waals surface area (Å²) in [5, 5.41) is 5.72. The van der Waals surface area contributed by atoms with E-state index < -0.39 is 0 Å². The molecule has 5 nitrogen and oxygen atoms in total. The minimum atomic E-state index is -0.230. The molecule has 1 rings (SSSR count). The molecule has 0 aromatic carbocycles. The predicted octanol–water partition coefficient (Wildman–Crippen LogP) is 1.55. The molecule has 2 amide bonds. The van der Waals surface area contributed by atoms with E-state index in [0.29, 0.717) is 29.5 Å². The SMILES string of the molecule is Cc1cc(C(=O)NCCNC(=O)C(C)C)cc(Cl)n1. The number of aromatic nitrogens is 1. The minimum Gasteiger partial charge on any atom is -0.354 e. The summed E-state index contributed by atoms with van der Waals surface area (Å²) in [6.07, 6.45) is 0. The van der Waals surface area contributed by atoms with E-state index in [2.05, 4.69) is 15.6 Å². The average Bonchev–Trinajstić information content (AvgIpc) is 2.32. The van der Waals surface area contributed by atoms with E-state index in [1.807, 2.05) is 13.8 Å². The van der Waals surface area contributed by atoms with Crippen molar-refractivity contribution < 1.29 is 9.59 Å². The zero-order valence-electron chi connectivity index (χ0n) is 11.3.